The second-order valence-corrected chi connectivity index (χ2v) is 15.0. The average Bonchev–Trinajstić information content (AvgIpc) is 3.61. The quantitative estimate of drug-likeness (QED) is 0.327. The fourth-order valence-electron chi connectivity index (χ4n) is 8.58. The highest BCUT2D eigenvalue weighted by Crippen LogP contribution is 2.69. The molecule has 1 spiro atoms. The summed E-state index contributed by atoms with van der Waals surface area (Å²) in [6.07, 6.45) is 10.1. The van der Waals surface area contributed by atoms with E-state index in [0.717, 1.165) is 37.8 Å². The Morgan fingerprint density at radius 3 is 2.37 bits per heavy atom. The molecule has 3 saturated heterocycles. The molecule has 7 nitrogen and oxygen atoms in total. The highest BCUT2D eigenvalue weighted by Gasteiger charge is 2.77. The third kappa shape index (κ3) is 5.47. The lowest BCUT2D eigenvalue weighted by atomic mass is 9.65. The summed E-state index contributed by atoms with van der Waals surface area (Å²) >= 11 is 1.71. The molecule has 1 aromatic rings. The highest BCUT2D eigenvalue weighted by atomic mass is 32.2. The van der Waals surface area contributed by atoms with Gasteiger partial charge in [-0.3, -0.25) is 14.4 Å². The van der Waals surface area contributed by atoms with Crippen molar-refractivity contribution < 1.29 is 19.5 Å². The first-order chi connectivity index (χ1) is 20.7. The molecule has 1 saturated carbocycles. The van der Waals surface area contributed by atoms with Crippen molar-refractivity contribution in [2.24, 2.45) is 23.7 Å². The number of anilines is 1. The van der Waals surface area contributed by atoms with Crippen LogP contribution < -0.4 is 4.90 Å². The van der Waals surface area contributed by atoms with E-state index in [1.54, 1.807) is 33.7 Å². The molecule has 3 amide bonds. The smallest absolute Gasteiger partial charge is 0.247 e. The fraction of sp³-hybridized carbons (Fsp3) is 0.629. The third-order valence-electron chi connectivity index (χ3n) is 10.3. The van der Waals surface area contributed by atoms with E-state index in [2.05, 4.69) is 33.9 Å². The van der Waals surface area contributed by atoms with Crippen molar-refractivity contribution in [3.63, 3.8) is 0 Å². The minimum Gasteiger partial charge on any atom is -0.394 e. The van der Waals surface area contributed by atoms with Crippen LogP contribution in [0.15, 0.2) is 55.6 Å². The minimum absolute atomic E-state index is 0.0380. The van der Waals surface area contributed by atoms with E-state index in [9.17, 15) is 19.5 Å². The number of benzene rings is 1. The van der Waals surface area contributed by atoms with Crippen LogP contribution in [0.5, 0.6) is 0 Å². The molecular formula is C35H49N3O4S. The van der Waals surface area contributed by atoms with Gasteiger partial charge in [0.15, 0.2) is 0 Å². The molecule has 43 heavy (non-hydrogen) atoms. The van der Waals surface area contributed by atoms with Gasteiger partial charge >= 0.3 is 0 Å². The summed E-state index contributed by atoms with van der Waals surface area (Å²) in [5.41, 5.74) is 0.777. The van der Waals surface area contributed by atoms with Gasteiger partial charge in [0.05, 0.1) is 29.2 Å². The minimum atomic E-state index is -0.728. The fourth-order valence-corrected chi connectivity index (χ4v) is 11.0. The van der Waals surface area contributed by atoms with E-state index < -0.39 is 28.7 Å². The highest BCUT2D eigenvalue weighted by molar-refractivity contribution is 8.02. The number of hydrogen-bond acceptors (Lipinski definition) is 5. The summed E-state index contributed by atoms with van der Waals surface area (Å²) in [5, 5.41) is 10.6. The van der Waals surface area contributed by atoms with E-state index in [0.29, 0.717) is 19.5 Å². The van der Waals surface area contributed by atoms with Gasteiger partial charge in [0.25, 0.3) is 0 Å². The molecule has 2 bridgehead atoms. The van der Waals surface area contributed by atoms with Crippen LogP contribution in [0.1, 0.15) is 65.7 Å². The number of nitrogens with zero attached hydrogens (tertiary/aromatic N) is 3. The van der Waals surface area contributed by atoms with Crippen molar-refractivity contribution >= 4 is 35.2 Å². The summed E-state index contributed by atoms with van der Waals surface area (Å²) in [6.45, 7) is 14.8. The van der Waals surface area contributed by atoms with Gasteiger partial charge in [-0.2, -0.15) is 0 Å². The number of carbonyl (C=O) groups is 3. The maximum atomic E-state index is 15.0. The van der Waals surface area contributed by atoms with E-state index in [4.69, 9.17) is 0 Å². The van der Waals surface area contributed by atoms with Gasteiger partial charge < -0.3 is 19.8 Å². The van der Waals surface area contributed by atoms with Crippen molar-refractivity contribution in [3.05, 3.63) is 55.6 Å². The van der Waals surface area contributed by atoms with Crippen LogP contribution >= 0.6 is 11.8 Å². The average molecular weight is 608 g/mol. The molecule has 3 unspecified atom stereocenters. The number of carbonyl (C=O) groups excluding carboxylic acids is 3. The van der Waals surface area contributed by atoms with Gasteiger partial charge in [-0.15, -0.1) is 24.9 Å². The van der Waals surface area contributed by atoms with Gasteiger partial charge in [-0.25, -0.2) is 0 Å². The molecule has 3 heterocycles. The zero-order valence-electron chi connectivity index (χ0n) is 26.1. The Hall–Kier alpha value is -2.58. The first-order valence-corrected chi connectivity index (χ1v) is 17.1. The second-order valence-electron chi connectivity index (χ2n) is 13.4. The molecule has 4 aliphatic rings. The number of fused-ring (bicyclic) bond motifs is 1. The Morgan fingerprint density at radius 2 is 1.77 bits per heavy atom. The molecule has 8 heteroatoms. The topological polar surface area (TPSA) is 81.2 Å². The number of amides is 3. The van der Waals surface area contributed by atoms with Crippen LogP contribution in [0.25, 0.3) is 0 Å². The molecule has 4 fully saturated rings. The molecule has 234 valence electrons. The zero-order valence-corrected chi connectivity index (χ0v) is 26.9. The predicted molar refractivity (Wildman–Crippen MR) is 174 cm³/mol. The molecule has 3 aliphatic heterocycles. The summed E-state index contributed by atoms with van der Waals surface area (Å²) in [7, 11) is 0. The van der Waals surface area contributed by atoms with Crippen molar-refractivity contribution in [3.8, 4) is 0 Å². The molecule has 0 radical (unpaired) electrons. The lowest BCUT2D eigenvalue weighted by Gasteiger charge is -2.44. The largest absolute Gasteiger partial charge is 0.394 e. The SMILES string of the molecule is C=CCN(C(=O)[C@@H]1[C@@H]2CC(C)C3(S2)C(C(=O)N(CC=C)C2CCCCC2)N([C@@H](CO)CC(C)C)C(=O)[C@H]13)c1ccccc1. The zero-order chi connectivity index (χ0) is 30.9. The van der Waals surface area contributed by atoms with Crippen molar-refractivity contribution in [1.82, 2.24) is 9.80 Å². The van der Waals surface area contributed by atoms with E-state index >= 15 is 0 Å². The normalized spacial score (nSPS) is 30.8. The molecule has 7 atom stereocenters. The van der Waals surface area contributed by atoms with E-state index in [1.165, 1.54) is 6.42 Å². The van der Waals surface area contributed by atoms with Gasteiger partial charge in [0, 0.05) is 30.1 Å². The number of aliphatic hydroxyl groups is 1. The van der Waals surface area contributed by atoms with Crippen LogP contribution in [0.3, 0.4) is 0 Å². The predicted octanol–water partition coefficient (Wildman–Crippen LogP) is 5.30. The van der Waals surface area contributed by atoms with Crippen LogP contribution in [-0.4, -0.2) is 80.4 Å². The van der Waals surface area contributed by atoms with Crippen molar-refractivity contribution in [2.75, 3.05) is 24.6 Å². The molecule has 1 aliphatic carbocycles. The van der Waals surface area contributed by atoms with Crippen LogP contribution in [0, 0.1) is 23.7 Å². The van der Waals surface area contributed by atoms with Crippen molar-refractivity contribution in [2.45, 2.75) is 93.8 Å². The Kier molecular flexibility index (Phi) is 9.76. The van der Waals surface area contributed by atoms with Gasteiger partial charge in [0.1, 0.15) is 6.04 Å². The third-order valence-corrected chi connectivity index (χ3v) is 12.4. The van der Waals surface area contributed by atoms with Gasteiger partial charge in [-0.1, -0.05) is 70.4 Å². The Labute approximate surface area is 261 Å². The first-order valence-electron chi connectivity index (χ1n) is 16.2. The molecule has 0 aromatic heterocycles. The Bertz CT molecular complexity index is 1200. The Balaban J connectivity index is 1.60. The number of hydrogen-bond donors (Lipinski definition) is 1. The van der Waals surface area contributed by atoms with Crippen LogP contribution in [0.2, 0.25) is 0 Å². The number of rotatable bonds is 12. The summed E-state index contributed by atoms with van der Waals surface area (Å²) in [6, 6.07) is 8.47. The lowest BCUT2D eigenvalue weighted by molar-refractivity contribution is -0.147. The summed E-state index contributed by atoms with van der Waals surface area (Å²) in [4.78, 5) is 49.8. The maximum absolute atomic E-state index is 15.0. The molecular weight excluding hydrogens is 558 g/mol. The monoisotopic (exact) mass is 607 g/mol. The van der Waals surface area contributed by atoms with Crippen LogP contribution in [0.4, 0.5) is 5.69 Å². The Morgan fingerprint density at radius 1 is 1.09 bits per heavy atom. The summed E-state index contributed by atoms with van der Waals surface area (Å²) < 4.78 is -0.728. The van der Waals surface area contributed by atoms with E-state index in [1.807, 2.05) is 35.2 Å². The van der Waals surface area contributed by atoms with Gasteiger partial charge in [-0.05, 0) is 49.7 Å². The van der Waals surface area contributed by atoms with Crippen LogP contribution in [-0.2, 0) is 14.4 Å². The number of thioether (sulfide) groups is 1. The maximum Gasteiger partial charge on any atom is 0.247 e. The lowest BCUT2D eigenvalue weighted by Crippen LogP contribution is -2.61. The molecule has 5 rings (SSSR count). The first kappa shape index (κ1) is 31.8. The van der Waals surface area contributed by atoms with Crippen molar-refractivity contribution in [1.29, 1.82) is 0 Å². The van der Waals surface area contributed by atoms with Gasteiger partial charge in [0.2, 0.25) is 17.7 Å². The number of para-hydroxylation sites is 1. The second kappa shape index (κ2) is 13.2. The summed E-state index contributed by atoms with van der Waals surface area (Å²) in [5.74, 6) is -1.14. The number of aliphatic hydroxyl groups excluding tert-OH is 1. The standard InChI is InChI=1S/C35H49N3O4S/c1-6-18-36(25-14-10-8-11-15-25)32(40)29-28-21-24(5)35(43-28)30(29)33(41)38(27(22-39)20-23(3)4)31(35)34(42)37(19-7-2)26-16-12-9-13-17-26/h6-8,10-11,14-15,23-24,26-31,39H,1-2,9,12-13,16-22H2,3-5H3/t24?,27-,28+,29-,30+,31?,35?/m1/s1. The molecule has 1 N–H and O–H groups in total. The van der Waals surface area contributed by atoms with E-state index in [-0.39, 0.29) is 47.5 Å². The number of likely N-dealkylation sites (tertiary alicyclic amines) is 1. The molecule has 1 aromatic carbocycles.